The summed E-state index contributed by atoms with van der Waals surface area (Å²) in [5.74, 6) is 5.66. The number of aryl methyl sites for hydroxylation is 1. The predicted molar refractivity (Wildman–Crippen MR) is 81.6 cm³/mol. The number of hydrogen-bond donors (Lipinski definition) is 1. The molecule has 2 rings (SSSR count). The van der Waals surface area contributed by atoms with Crippen molar-refractivity contribution in [2.24, 2.45) is 5.41 Å². The normalized spacial score (nSPS) is 27.8. The van der Waals surface area contributed by atoms with Crippen LogP contribution in [-0.2, 0) is 9.53 Å². The molecule has 0 bridgehead atoms. The van der Waals surface area contributed by atoms with E-state index in [2.05, 4.69) is 11.8 Å². The maximum atomic E-state index is 12.4. The molecule has 0 amide bonds. The van der Waals surface area contributed by atoms with Crippen molar-refractivity contribution in [3.05, 3.63) is 35.4 Å². The van der Waals surface area contributed by atoms with Gasteiger partial charge in [-0.1, -0.05) is 29.5 Å². The molecule has 0 aliphatic heterocycles. The zero-order valence-electron chi connectivity index (χ0n) is 12.9. The van der Waals surface area contributed by atoms with Crippen molar-refractivity contribution >= 4 is 5.97 Å². The first-order chi connectivity index (χ1) is 9.91. The molecule has 1 aromatic rings. The third kappa shape index (κ3) is 2.96. The van der Waals surface area contributed by atoms with E-state index in [-0.39, 0.29) is 0 Å². The molecule has 3 heteroatoms. The van der Waals surface area contributed by atoms with Gasteiger partial charge in [0.15, 0.2) is 5.41 Å². The quantitative estimate of drug-likeness (QED) is 0.672. The second-order valence-corrected chi connectivity index (χ2v) is 5.87. The molecule has 0 saturated heterocycles. The highest BCUT2D eigenvalue weighted by molar-refractivity contribution is 5.83. The molecular weight excluding hydrogens is 264 g/mol. The van der Waals surface area contributed by atoms with Gasteiger partial charge < -0.3 is 9.84 Å². The van der Waals surface area contributed by atoms with Gasteiger partial charge in [0.2, 0.25) is 0 Å². The van der Waals surface area contributed by atoms with Crippen LogP contribution < -0.4 is 0 Å². The van der Waals surface area contributed by atoms with E-state index in [0.717, 1.165) is 17.5 Å². The number of esters is 1. The lowest BCUT2D eigenvalue weighted by molar-refractivity contribution is -0.162. The molecule has 1 aromatic carbocycles. The Bertz CT molecular complexity index is 575. The molecule has 1 N–H and O–H groups in total. The summed E-state index contributed by atoms with van der Waals surface area (Å²) in [7, 11) is 0. The maximum Gasteiger partial charge on any atom is 0.327 e. The minimum absolute atomic E-state index is 0.295. The standard InChI is InChI=1S/C18H22O3/c1-4-21-16(19)18(12-5-11-17(18,3)20)13-10-15-8-6-14(2)7-9-15/h6-9,20H,4-5,11-12H2,1-3H3/t17-,18+/m0/s1. The van der Waals surface area contributed by atoms with Crippen LogP contribution in [0.5, 0.6) is 0 Å². The average molecular weight is 286 g/mol. The number of rotatable bonds is 2. The summed E-state index contributed by atoms with van der Waals surface area (Å²) in [4.78, 5) is 12.4. The van der Waals surface area contributed by atoms with Crippen molar-refractivity contribution in [2.45, 2.75) is 45.6 Å². The molecule has 0 unspecified atom stereocenters. The Morgan fingerprint density at radius 2 is 2.00 bits per heavy atom. The monoisotopic (exact) mass is 286 g/mol. The fourth-order valence-electron chi connectivity index (χ4n) is 2.82. The summed E-state index contributed by atoms with van der Waals surface area (Å²) >= 11 is 0. The van der Waals surface area contributed by atoms with Crippen LogP contribution >= 0.6 is 0 Å². The molecule has 2 atom stereocenters. The molecule has 0 aromatic heterocycles. The van der Waals surface area contributed by atoms with Crippen LogP contribution in [-0.4, -0.2) is 23.3 Å². The van der Waals surface area contributed by atoms with Crippen LogP contribution in [0.2, 0.25) is 0 Å². The van der Waals surface area contributed by atoms with Gasteiger partial charge in [-0.3, -0.25) is 4.79 Å². The lowest BCUT2D eigenvalue weighted by atomic mass is 9.75. The van der Waals surface area contributed by atoms with Crippen molar-refractivity contribution in [1.29, 1.82) is 0 Å². The second kappa shape index (κ2) is 5.91. The van der Waals surface area contributed by atoms with Crippen LogP contribution in [0.15, 0.2) is 24.3 Å². The summed E-state index contributed by atoms with van der Waals surface area (Å²) in [6.07, 6.45) is 1.88. The highest BCUT2D eigenvalue weighted by atomic mass is 16.5. The lowest BCUT2D eigenvalue weighted by Crippen LogP contribution is -2.47. The Morgan fingerprint density at radius 3 is 2.52 bits per heavy atom. The van der Waals surface area contributed by atoms with Crippen molar-refractivity contribution in [3.8, 4) is 11.8 Å². The van der Waals surface area contributed by atoms with Gasteiger partial charge in [0, 0.05) is 5.56 Å². The molecule has 21 heavy (non-hydrogen) atoms. The van der Waals surface area contributed by atoms with E-state index in [1.165, 1.54) is 0 Å². The zero-order chi connectivity index (χ0) is 15.5. The Labute approximate surface area is 126 Å². The minimum Gasteiger partial charge on any atom is -0.465 e. The van der Waals surface area contributed by atoms with Crippen molar-refractivity contribution in [1.82, 2.24) is 0 Å². The molecule has 0 spiro atoms. The zero-order valence-corrected chi connectivity index (χ0v) is 12.9. The first-order valence-corrected chi connectivity index (χ1v) is 7.41. The van der Waals surface area contributed by atoms with E-state index in [9.17, 15) is 9.90 Å². The van der Waals surface area contributed by atoms with Gasteiger partial charge >= 0.3 is 5.97 Å². The fraction of sp³-hybridized carbons (Fsp3) is 0.500. The van der Waals surface area contributed by atoms with Gasteiger partial charge in [-0.2, -0.15) is 0 Å². The van der Waals surface area contributed by atoms with E-state index >= 15 is 0 Å². The summed E-state index contributed by atoms with van der Waals surface area (Å²) in [5.41, 5.74) is -0.259. The summed E-state index contributed by atoms with van der Waals surface area (Å²) in [6.45, 7) is 5.76. The smallest absolute Gasteiger partial charge is 0.327 e. The molecule has 112 valence electrons. The third-order valence-corrected chi connectivity index (χ3v) is 4.23. The molecule has 0 radical (unpaired) electrons. The fourth-order valence-corrected chi connectivity index (χ4v) is 2.82. The molecule has 1 fully saturated rings. The van der Waals surface area contributed by atoms with Crippen LogP contribution in [0.1, 0.15) is 44.2 Å². The number of benzene rings is 1. The molecule has 1 aliphatic rings. The number of carbonyl (C=O) groups is 1. The van der Waals surface area contributed by atoms with Gasteiger partial charge in [-0.15, -0.1) is 0 Å². The van der Waals surface area contributed by atoms with Crippen molar-refractivity contribution < 1.29 is 14.6 Å². The van der Waals surface area contributed by atoms with Crippen molar-refractivity contribution in [3.63, 3.8) is 0 Å². The summed E-state index contributed by atoms with van der Waals surface area (Å²) in [5, 5.41) is 10.6. The van der Waals surface area contributed by atoms with Gasteiger partial charge in [-0.25, -0.2) is 0 Å². The van der Waals surface area contributed by atoms with Crippen LogP contribution in [0, 0.1) is 24.2 Å². The van der Waals surface area contributed by atoms with E-state index in [1.54, 1.807) is 13.8 Å². The van der Waals surface area contributed by atoms with E-state index in [4.69, 9.17) is 4.74 Å². The highest BCUT2D eigenvalue weighted by Crippen LogP contribution is 2.47. The first-order valence-electron chi connectivity index (χ1n) is 7.41. The Hall–Kier alpha value is -1.79. The number of hydrogen-bond acceptors (Lipinski definition) is 3. The predicted octanol–water partition coefficient (Wildman–Crippen LogP) is 2.83. The Kier molecular flexibility index (Phi) is 4.39. The second-order valence-electron chi connectivity index (χ2n) is 5.87. The van der Waals surface area contributed by atoms with Gasteiger partial charge in [0.1, 0.15) is 0 Å². The van der Waals surface area contributed by atoms with Gasteiger partial charge in [-0.05, 0) is 52.2 Å². The number of ether oxygens (including phenoxy) is 1. The van der Waals surface area contributed by atoms with Crippen LogP contribution in [0.4, 0.5) is 0 Å². The topological polar surface area (TPSA) is 46.5 Å². The van der Waals surface area contributed by atoms with Crippen LogP contribution in [0.3, 0.4) is 0 Å². The minimum atomic E-state index is -1.14. The van der Waals surface area contributed by atoms with Crippen LogP contribution in [0.25, 0.3) is 0 Å². The van der Waals surface area contributed by atoms with E-state index in [1.807, 2.05) is 31.2 Å². The third-order valence-electron chi connectivity index (χ3n) is 4.23. The molecular formula is C18H22O3. The average Bonchev–Trinajstić information content (AvgIpc) is 2.74. The number of carbonyl (C=O) groups excluding carboxylic acids is 1. The van der Waals surface area contributed by atoms with E-state index < -0.39 is 17.0 Å². The highest BCUT2D eigenvalue weighted by Gasteiger charge is 2.56. The number of aliphatic hydroxyl groups is 1. The molecule has 1 aliphatic carbocycles. The Balaban J connectivity index is 2.38. The lowest BCUT2D eigenvalue weighted by Gasteiger charge is -2.33. The SMILES string of the molecule is CCOC(=O)[C@]1(C#Cc2ccc(C)cc2)CCC[C@]1(C)O. The van der Waals surface area contributed by atoms with Gasteiger partial charge in [0.25, 0.3) is 0 Å². The summed E-state index contributed by atoms with van der Waals surface area (Å²) in [6, 6.07) is 7.80. The van der Waals surface area contributed by atoms with Gasteiger partial charge in [0.05, 0.1) is 12.2 Å². The van der Waals surface area contributed by atoms with Crippen molar-refractivity contribution in [2.75, 3.05) is 6.61 Å². The maximum absolute atomic E-state index is 12.4. The summed E-state index contributed by atoms with van der Waals surface area (Å²) < 4.78 is 5.17. The van der Waals surface area contributed by atoms with E-state index in [0.29, 0.717) is 19.4 Å². The molecule has 1 saturated carbocycles. The Morgan fingerprint density at radius 1 is 1.33 bits per heavy atom. The first kappa shape index (κ1) is 15.6. The molecule has 0 heterocycles. The molecule has 3 nitrogen and oxygen atoms in total. The largest absolute Gasteiger partial charge is 0.465 e.